The molecule has 23 heavy (non-hydrogen) atoms. The number of amides is 1. The molecular weight excluding hydrogens is 311 g/mol. The van der Waals surface area contributed by atoms with E-state index in [1.165, 1.54) is 23.1 Å². The van der Waals surface area contributed by atoms with Gasteiger partial charge in [0.05, 0.1) is 24.5 Å². The van der Waals surface area contributed by atoms with Crippen LogP contribution in [0.2, 0.25) is 0 Å². The van der Waals surface area contributed by atoms with Crippen molar-refractivity contribution in [3.8, 4) is 0 Å². The number of nitrogens with one attached hydrogen (secondary N) is 2. The molecule has 128 valence electrons. The zero-order chi connectivity index (χ0) is 16.7. The van der Waals surface area contributed by atoms with E-state index < -0.39 is 17.6 Å². The Kier molecular flexibility index (Phi) is 6.37. The van der Waals surface area contributed by atoms with Crippen molar-refractivity contribution in [2.45, 2.75) is 6.18 Å². The predicted molar refractivity (Wildman–Crippen MR) is 78.1 cm³/mol. The molecule has 4 N–H and O–H groups in total. The van der Waals surface area contributed by atoms with Crippen molar-refractivity contribution < 1.29 is 32.9 Å². The van der Waals surface area contributed by atoms with Gasteiger partial charge in [0.2, 0.25) is 0 Å². The lowest BCUT2D eigenvalue weighted by Crippen LogP contribution is -3.16. The number of hydrogen-bond donors (Lipinski definition) is 3. The number of halogens is 3. The van der Waals surface area contributed by atoms with Gasteiger partial charge in [-0.3, -0.25) is 4.79 Å². The molecule has 0 spiro atoms. The van der Waals surface area contributed by atoms with Gasteiger partial charge in [0, 0.05) is 0 Å². The molecule has 1 aromatic carbocycles. The maximum atomic E-state index is 12.8. The summed E-state index contributed by atoms with van der Waals surface area (Å²) >= 11 is 0. The van der Waals surface area contributed by atoms with Crippen LogP contribution in [0.15, 0.2) is 24.3 Å². The molecule has 8 heteroatoms. The second kappa shape index (κ2) is 8.28. The third-order valence-corrected chi connectivity index (χ3v) is 3.74. The summed E-state index contributed by atoms with van der Waals surface area (Å²) in [4.78, 5) is 13.2. The number of nitrogens with two attached hydrogens (primary N) is 1. The van der Waals surface area contributed by atoms with Gasteiger partial charge < -0.3 is 20.3 Å². The lowest BCUT2D eigenvalue weighted by Gasteiger charge is -2.22. The van der Waals surface area contributed by atoms with Gasteiger partial charge in [-0.2, -0.15) is 13.2 Å². The van der Waals surface area contributed by atoms with E-state index in [4.69, 9.17) is 4.74 Å². The molecule has 2 rings (SSSR count). The molecule has 1 heterocycles. The number of anilines is 1. The van der Waals surface area contributed by atoms with Crippen molar-refractivity contribution >= 4 is 11.6 Å². The van der Waals surface area contributed by atoms with Crippen molar-refractivity contribution in [2.24, 2.45) is 0 Å². The highest BCUT2D eigenvalue weighted by Gasteiger charge is 2.33. The third-order valence-electron chi connectivity index (χ3n) is 3.74. The molecule has 1 fully saturated rings. The van der Waals surface area contributed by atoms with Crippen LogP contribution in [-0.2, 0) is 15.7 Å². The van der Waals surface area contributed by atoms with Gasteiger partial charge >= 0.3 is 6.18 Å². The Labute approximate surface area is 132 Å². The first-order valence-electron chi connectivity index (χ1n) is 7.66. The van der Waals surface area contributed by atoms with Crippen molar-refractivity contribution in [1.82, 2.24) is 0 Å². The number of para-hydroxylation sites is 1. The van der Waals surface area contributed by atoms with E-state index in [-0.39, 0.29) is 12.2 Å². The molecule has 0 saturated carbocycles. The Morgan fingerprint density at radius 1 is 1.26 bits per heavy atom. The Bertz CT molecular complexity index is 517. The minimum absolute atomic E-state index is 0.107. The van der Waals surface area contributed by atoms with E-state index in [2.05, 4.69) is 5.32 Å². The van der Waals surface area contributed by atoms with E-state index in [1.807, 2.05) is 5.32 Å². The van der Waals surface area contributed by atoms with E-state index >= 15 is 0 Å². The molecule has 0 aliphatic carbocycles. The number of morpholine rings is 1. The number of benzene rings is 1. The van der Waals surface area contributed by atoms with Gasteiger partial charge in [-0.25, -0.2) is 0 Å². The summed E-state index contributed by atoms with van der Waals surface area (Å²) in [6, 6.07) is 4.99. The Balaban J connectivity index is 1.74. The minimum atomic E-state index is -4.48. The average Bonchev–Trinajstić information content (AvgIpc) is 2.52. The van der Waals surface area contributed by atoms with E-state index in [9.17, 15) is 18.0 Å². The smallest absolute Gasteiger partial charge is 0.370 e. The largest absolute Gasteiger partial charge is 0.418 e. The van der Waals surface area contributed by atoms with Gasteiger partial charge in [0.15, 0.2) is 6.54 Å². The monoisotopic (exact) mass is 333 g/mol. The zero-order valence-electron chi connectivity index (χ0n) is 12.8. The van der Waals surface area contributed by atoms with Crippen molar-refractivity contribution in [1.29, 1.82) is 0 Å². The maximum absolute atomic E-state index is 12.8. The topological polar surface area (TPSA) is 59.4 Å². The summed E-state index contributed by atoms with van der Waals surface area (Å²) in [5.74, 6) is -0.432. The van der Waals surface area contributed by atoms with Crippen LogP contribution in [0, 0.1) is 0 Å². The van der Waals surface area contributed by atoms with E-state index in [1.54, 1.807) is 0 Å². The Morgan fingerprint density at radius 2 is 1.96 bits per heavy atom. The summed E-state index contributed by atoms with van der Waals surface area (Å²) in [7, 11) is 0. The van der Waals surface area contributed by atoms with Crippen LogP contribution >= 0.6 is 0 Å². The Morgan fingerprint density at radius 3 is 2.65 bits per heavy atom. The molecule has 1 aliphatic heterocycles. The summed E-state index contributed by atoms with van der Waals surface area (Å²) in [6.45, 7) is 5.20. The first-order chi connectivity index (χ1) is 11.0. The number of rotatable bonds is 6. The first kappa shape index (κ1) is 17.7. The molecule has 0 radical (unpaired) electrons. The van der Waals surface area contributed by atoms with E-state index in [0.29, 0.717) is 0 Å². The van der Waals surface area contributed by atoms with Crippen molar-refractivity contribution in [3.05, 3.63) is 29.8 Å². The number of alkyl halides is 3. The van der Waals surface area contributed by atoms with Crippen LogP contribution in [0.25, 0.3) is 0 Å². The highest BCUT2D eigenvalue weighted by molar-refractivity contribution is 5.92. The van der Waals surface area contributed by atoms with Crippen LogP contribution in [0.5, 0.6) is 0 Å². The number of hydrogen-bond acceptors (Lipinski definition) is 2. The van der Waals surface area contributed by atoms with Crippen LogP contribution in [0.3, 0.4) is 0 Å². The summed E-state index contributed by atoms with van der Waals surface area (Å²) in [6.07, 6.45) is -4.48. The van der Waals surface area contributed by atoms with Gasteiger partial charge in [-0.15, -0.1) is 0 Å². The fourth-order valence-corrected chi connectivity index (χ4v) is 2.49. The molecule has 1 amide bonds. The highest BCUT2D eigenvalue weighted by atomic mass is 19.4. The molecule has 5 nitrogen and oxygen atoms in total. The first-order valence-corrected chi connectivity index (χ1v) is 7.66. The van der Waals surface area contributed by atoms with Crippen LogP contribution in [0.4, 0.5) is 18.9 Å². The molecule has 0 bridgehead atoms. The number of carbonyl (C=O) groups excluding carboxylic acids is 1. The number of carbonyl (C=O) groups is 1. The molecule has 1 aromatic rings. The third kappa shape index (κ3) is 5.81. The van der Waals surface area contributed by atoms with Gasteiger partial charge in [-0.05, 0) is 12.1 Å². The van der Waals surface area contributed by atoms with Crippen molar-refractivity contribution in [2.75, 3.05) is 51.3 Å². The summed E-state index contributed by atoms with van der Waals surface area (Å²) < 4.78 is 43.8. The fraction of sp³-hybridized carbons (Fsp3) is 0.533. The van der Waals surface area contributed by atoms with Crippen LogP contribution < -0.4 is 15.5 Å². The van der Waals surface area contributed by atoms with Gasteiger partial charge in [0.1, 0.15) is 26.2 Å². The Hall–Kier alpha value is -1.64. The summed E-state index contributed by atoms with van der Waals surface area (Å²) in [5, 5.41) is 4.15. The number of quaternary nitrogens is 2. The highest BCUT2D eigenvalue weighted by Crippen LogP contribution is 2.34. The van der Waals surface area contributed by atoms with Crippen molar-refractivity contribution in [3.63, 3.8) is 0 Å². The number of ether oxygens (including phenoxy) is 1. The lowest BCUT2D eigenvalue weighted by molar-refractivity contribution is -0.919. The van der Waals surface area contributed by atoms with Gasteiger partial charge in [0.25, 0.3) is 5.91 Å². The molecule has 1 saturated heterocycles. The van der Waals surface area contributed by atoms with Crippen LogP contribution in [0.1, 0.15) is 5.56 Å². The second-order valence-electron chi connectivity index (χ2n) is 5.49. The average molecular weight is 333 g/mol. The lowest BCUT2D eigenvalue weighted by atomic mass is 10.1. The molecular formula is C15H22F3N3O2+2. The quantitative estimate of drug-likeness (QED) is 0.593. The minimum Gasteiger partial charge on any atom is -0.370 e. The standard InChI is InChI=1S/C15H20F3N3O2/c16-15(17,18)12-3-1-2-4-13(12)20-14(22)11-19-5-6-21-7-9-23-10-8-21/h1-4,19H,5-11H2,(H,20,22)/p+2. The fourth-order valence-electron chi connectivity index (χ4n) is 2.49. The summed E-state index contributed by atoms with van der Waals surface area (Å²) in [5.41, 5.74) is -1.02. The van der Waals surface area contributed by atoms with Crippen LogP contribution in [-0.4, -0.2) is 51.8 Å². The maximum Gasteiger partial charge on any atom is 0.418 e. The molecule has 1 aliphatic rings. The SMILES string of the molecule is O=C(C[NH2+]CC[NH+]1CCOCC1)Nc1ccccc1C(F)(F)F. The van der Waals surface area contributed by atoms with E-state index in [0.717, 1.165) is 45.5 Å². The molecule has 0 atom stereocenters. The van der Waals surface area contributed by atoms with Gasteiger partial charge in [-0.1, -0.05) is 12.1 Å². The molecule has 0 unspecified atom stereocenters. The second-order valence-corrected chi connectivity index (χ2v) is 5.49. The normalized spacial score (nSPS) is 16.3. The molecule has 0 aromatic heterocycles. The predicted octanol–water partition coefficient (Wildman–Crippen LogP) is -0.878. The zero-order valence-corrected chi connectivity index (χ0v) is 12.8.